The molecule has 0 saturated heterocycles. The van der Waals surface area contributed by atoms with Gasteiger partial charge >= 0.3 is 5.97 Å². The highest BCUT2D eigenvalue weighted by atomic mass is 16.5. The summed E-state index contributed by atoms with van der Waals surface area (Å²) in [6, 6.07) is 4.83. The number of nitrogens with zero attached hydrogens (tertiary/aromatic N) is 1. The average molecular weight is 274 g/mol. The summed E-state index contributed by atoms with van der Waals surface area (Å²) in [5.41, 5.74) is 1.34. The first-order valence-electron chi connectivity index (χ1n) is 5.92. The van der Waals surface area contributed by atoms with E-state index in [9.17, 15) is 14.7 Å². The smallest absolute Gasteiger partial charge is 0.336 e. The first kappa shape index (κ1) is 13.8. The van der Waals surface area contributed by atoms with Crippen LogP contribution in [0.15, 0.2) is 18.2 Å². The third kappa shape index (κ3) is 2.54. The fraction of sp³-hybridized carbons (Fsp3) is 0.214. The molecule has 2 rings (SSSR count). The molecule has 0 spiro atoms. The van der Waals surface area contributed by atoms with Crippen molar-refractivity contribution in [2.45, 2.75) is 13.8 Å². The second-order valence-electron chi connectivity index (χ2n) is 4.40. The Hall–Kier alpha value is -2.63. The molecular formula is C14H14N2O4. The number of benzene rings is 1. The lowest BCUT2D eigenvalue weighted by molar-refractivity contribution is -0.114. The number of carbonyl (C=O) groups is 2. The van der Waals surface area contributed by atoms with Crippen molar-refractivity contribution in [1.82, 2.24) is 4.98 Å². The van der Waals surface area contributed by atoms with E-state index in [2.05, 4.69) is 10.3 Å². The molecule has 1 heterocycles. The van der Waals surface area contributed by atoms with Crippen molar-refractivity contribution in [1.29, 1.82) is 0 Å². The standard InChI is InChI=1S/C14H14N2O4/c1-7-4-9-10(14(18)19)6-12(15-8(2)17)16-13(9)11(5-7)20-3/h4-6H,1-3H3,(H,18,19)(H,15,16,17). The number of aromatic nitrogens is 1. The predicted molar refractivity (Wildman–Crippen MR) is 74.3 cm³/mol. The van der Waals surface area contributed by atoms with E-state index in [-0.39, 0.29) is 17.3 Å². The van der Waals surface area contributed by atoms with Gasteiger partial charge in [-0.15, -0.1) is 0 Å². The number of hydrogen-bond donors (Lipinski definition) is 2. The lowest BCUT2D eigenvalue weighted by Gasteiger charge is -2.11. The lowest BCUT2D eigenvalue weighted by Crippen LogP contribution is -2.10. The number of amides is 1. The average Bonchev–Trinajstić information content (AvgIpc) is 2.36. The van der Waals surface area contributed by atoms with Crippen molar-refractivity contribution in [3.05, 3.63) is 29.3 Å². The summed E-state index contributed by atoms with van der Waals surface area (Å²) in [4.78, 5) is 26.7. The van der Waals surface area contributed by atoms with Crippen molar-refractivity contribution in [3.8, 4) is 5.75 Å². The van der Waals surface area contributed by atoms with Crippen molar-refractivity contribution in [3.63, 3.8) is 0 Å². The Morgan fingerprint density at radius 3 is 2.55 bits per heavy atom. The number of carbonyl (C=O) groups excluding carboxylic acids is 1. The Balaban J connectivity index is 2.81. The molecule has 0 atom stereocenters. The molecule has 1 aromatic carbocycles. The minimum absolute atomic E-state index is 0.0701. The van der Waals surface area contributed by atoms with Gasteiger partial charge in [-0.05, 0) is 30.7 Å². The third-order valence-electron chi connectivity index (χ3n) is 2.78. The Morgan fingerprint density at radius 1 is 1.30 bits per heavy atom. The maximum Gasteiger partial charge on any atom is 0.336 e. The van der Waals surface area contributed by atoms with E-state index in [4.69, 9.17) is 4.74 Å². The molecule has 2 N–H and O–H groups in total. The van der Waals surface area contributed by atoms with E-state index in [0.29, 0.717) is 16.7 Å². The highest BCUT2D eigenvalue weighted by molar-refractivity contribution is 6.06. The highest BCUT2D eigenvalue weighted by Crippen LogP contribution is 2.30. The maximum absolute atomic E-state index is 11.4. The normalized spacial score (nSPS) is 10.3. The van der Waals surface area contributed by atoms with Crippen molar-refractivity contribution >= 4 is 28.6 Å². The molecule has 0 unspecified atom stereocenters. The second-order valence-corrected chi connectivity index (χ2v) is 4.40. The number of nitrogens with one attached hydrogen (secondary N) is 1. The van der Waals surface area contributed by atoms with E-state index >= 15 is 0 Å². The van der Waals surface area contributed by atoms with E-state index in [1.165, 1.54) is 20.1 Å². The molecule has 0 aliphatic carbocycles. The number of methoxy groups -OCH3 is 1. The van der Waals surface area contributed by atoms with Gasteiger partial charge in [0.2, 0.25) is 5.91 Å². The van der Waals surface area contributed by atoms with E-state index in [1.807, 2.05) is 6.92 Å². The predicted octanol–water partition coefficient (Wildman–Crippen LogP) is 2.21. The van der Waals surface area contributed by atoms with Crippen LogP contribution < -0.4 is 10.1 Å². The molecule has 0 aliphatic rings. The van der Waals surface area contributed by atoms with Gasteiger partial charge in [0.1, 0.15) is 17.1 Å². The zero-order valence-corrected chi connectivity index (χ0v) is 11.4. The molecule has 0 saturated carbocycles. The lowest BCUT2D eigenvalue weighted by atomic mass is 10.1. The SMILES string of the molecule is COc1cc(C)cc2c(C(=O)O)cc(NC(C)=O)nc12. The molecule has 0 aliphatic heterocycles. The van der Waals surface area contributed by atoms with Gasteiger partial charge in [-0.1, -0.05) is 0 Å². The molecule has 1 amide bonds. The molecule has 104 valence electrons. The largest absolute Gasteiger partial charge is 0.494 e. The van der Waals surface area contributed by atoms with Crippen molar-refractivity contribution < 1.29 is 19.4 Å². The molecule has 2 aromatic rings. The van der Waals surface area contributed by atoms with Crippen molar-refractivity contribution in [2.75, 3.05) is 12.4 Å². The minimum Gasteiger partial charge on any atom is -0.494 e. The Kier molecular flexibility index (Phi) is 3.56. The summed E-state index contributed by atoms with van der Waals surface area (Å²) >= 11 is 0. The monoisotopic (exact) mass is 274 g/mol. The third-order valence-corrected chi connectivity index (χ3v) is 2.78. The molecule has 0 radical (unpaired) electrons. The summed E-state index contributed by atoms with van der Waals surface area (Å²) in [6.07, 6.45) is 0. The van der Waals surface area contributed by atoms with Gasteiger partial charge in [-0.2, -0.15) is 0 Å². The quantitative estimate of drug-likeness (QED) is 0.895. The van der Waals surface area contributed by atoms with Gasteiger partial charge in [0, 0.05) is 12.3 Å². The zero-order valence-electron chi connectivity index (χ0n) is 11.4. The number of ether oxygens (including phenoxy) is 1. The van der Waals surface area contributed by atoms with E-state index in [0.717, 1.165) is 5.56 Å². The molecular weight excluding hydrogens is 260 g/mol. The van der Waals surface area contributed by atoms with Crippen LogP contribution >= 0.6 is 0 Å². The Labute approximate surface area is 115 Å². The number of fused-ring (bicyclic) bond motifs is 1. The number of aromatic carboxylic acids is 1. The molecule has 1 aromatic heterocycles. The second kappa shape index (κ2) is 5.16. The Bertz CT molecular complexity index is 710. The molecule has 0 fully saturated rings. The van der Waals surface area contributed by atoms with Gasteiger partial charge < -0.3 is 15.2 Å². The summed E-state index contributed by atoms with van der Waals surface area (Å²) in [7, 11) is 1.49. The molecule has 0 bridgehead atoms. The number of pyridine rings is 1. The number of carboxylic acids is 1. The van der Waals surface area contributed by atoms with Crippen LogP contribution in [0.2, 0.25) is 0 Å². The van der Waals surface area contributed by atoms with Crippen molar-refractivity contribution in [2.24, 2.45) is 0 Å². The van der Waals surface area contributed by atoms with Gasteiger partial charge in [0.15, 0.2) is 0 Å². The summed E-state index contributed by atoms with van der Waals surface area (Å²) in [5, 5.41) is 12.3. The Morgan fingerprint density at radius 2 is 2.00 bits per heavy atom. The number of anilines is 1. The van der Waals surface area contributed by atoms with Gasteiger partial charge in [-0.3, -0.25) is 4.79 Å². The van der Waals surface area contributed by atoms with E-state index < -0.39 is 5.97 Å². The van der Waals surface area contributed by atoms with E-state index in [1.54, 1.807) is 12.1 Å². The van der Waals surface area contributed by atoms with Crippen LogP contribution in [-0.2, 0) is 4.79 Å². The first-order valence-corrected chi connectivity index (χ1v) is 5.92. The summed E-state index contributed by atoms with van der Waals surface area (Å²) in [5.74, 6) is -0.754. The number of hydrogen-bond acceptors (Lipinski definition) is 4. The summed E-state index contributed by atoms with van der Waals surface area (Å²) in [6.45, 7) is 3.17. The molecule has 6 nitrogen and oxygen atoms in total. The maximum atomic E-state index is 11.4. The molecule has 6 heteroatoms. The van der Waals surface area contributed by atoms with Crippen LogP contribution in [0, 0.1) is 6.92 Å². The minimum atomic E-state index is -1.09. The van der Waals surface area contributed by atoms with Crippen LogP contribution in [0.25, 0.3) is 10.9 Å². The first-order chi connectivity index (χ1) is 9.42. The fourth-order valence-electron chi connectivity index (χ4n) is 2.01. The topological polar surface area (TPSA) is 88.5 Å². The zero-order chi connectivity index (χ0) is 14.9. The van der Waals surface area contributed by atoms with Crippen LogP contribution in [0.5, 0.6) is 5.75 Å². The van der Waals surface area contributed by atoms with Crippen LogP contribution in [-0.4, -0.2) is 29.1 Å². The number of aryl methyl sites for hydroxylation is 1. The highest BCUT2D eigenvalue weighted by Gasteiger charge is 2.16. The number of carboxylic acid groups (broad SMARTS) is 1. The van der Waals surface area contributed by atoms with Gasteiger partial charge in [-0.25, -0.2) is 9.78 Å². The number of rotatable bonds is 3. The van der Waals surface area contributed by atoms with Crippen LogP contribution in [0.1, 0.15) is 22.8 Å². The summed E-state index contributed by atoms with van der Waals surface area (Å²) < 4.78 is 5.23. The fourth-order valence-corrected chi connectivity index (χ4v) is 2.01. The molecule has 20 heavy (non-hydrogen) atoms. The van der Waals surface area contributed by atoms with Crippen LogP contribution in [0.4, 0.5) is 5.82 Å². The van der Waals surface area contributed by atoms with Gasteiger partial charge in [0.05, 0.1) is 12.7 Å². The van der Waals surface area contributed by atoms with Gasteiger partial charge in [0.25, 0.3) is 0 Å². The van der Waals surface area contributed by atoms with Crippen LogP contribution in [0.3, 0.4) is 0 Å².